The van der Waals surface area contributed by atoms with E-state index in [9.17, 15) is 4.79 Å². The zero-order chi connectivity index (χ0) is 11.1. The van der Waals surface area contributed by atoms with Crippen LogP contribution in [0.1, 0.15) is 32.6 Å². The van der Waals surface area contributed by atoms with E-state index in [1.807, 2.05) is 4.90 Å². The molecule has 1 fully saturated rings. The van der Waals surface area contributed by atoms with Crippen molar-refractivity contribution in [3.05, 3.63) is 12.7 Å². The highest BCUT2D eigenvalue weighted by atomic mass is 16.2. The van der Waals surface area contributed by atoms with E-state index in [2.05, 4.69) is 18.8 Å². The average molecular weight is 210 g/mol. The summed E-state index contributed by atoms with van der Waals surface area (Å²) in [6.45, 7) is 8.54. The number of amides is 1. The van der Waals surface area contributed by atoms with Gasteiger partial charge in [0.15, 0.2) is 0 Å². The van der Waals surface area contributed by atoms with Crippen molar-refractivity contribution in [3.8, 4) is 0 Å². The second-order valence-electron chi connectivity index (χ2n) is 4.13. The predicted octanol–water partition coefficient (Wildman–Crippen LogP) is 1.55. The Hall–Kier alpha value is -0.830. The van der Waals surface area contributed by atoms with Crippen LogP contribution in [0.2, 0.25) is 0 Å². The average Bonchev–Trinajstić information content (AvgIpc) is 2.70. The summed E-state index contributed by atoms with van der Waals surface area (Å²) in [5.74, 6) is 0.209. The summed E-state index contributed by atoms with van der Waals surface area (Å²) in [4.78, 5) is 13.7. The van der Waals surface area contributed by atoms with Gasteiger partial charge in [-0.3, -0.25) is 4.79 Å². The summed E-state index contributed by atoms with van der Waals surface area (Å²) >= 11 is 0. The molecular weight excluding hydrogens is 188 g/mol. The first kappa shape index (κ1) is 12.2. The minimum absolute atomic E-state index is 0.209. The van der Waals surface area contributed by atoms with Crippen LogP contribution in [0, 0.1) is 0 Å². The first-order valence-corrected chi connectivity index (χ1v) is 5.90. The maximum Gasteiger partial charge on any atom is 0.226 e. The molecule has 0 saturated carbocycles. The van der Waals surface area contributed by atoms with Crippen LogP contribution in [0.3, 0.4) is 0 Å². The Morgan fingerprint density at radius 1 is 1.67 bits per heavy atom. The minimum atomic E-state index is 0.209. The highest BCUT2D eigenvalue weighted by molar-refractivity contribution is 5.77. The van der Waals surface area contributed by atoms with E-state index < -0.39 is 0 Å². The van der Waals surface area contributed by atoms with E-state index in [1.165, 1.54) is 12.8 Å². The maximum atomic E-state index is 11.7. The van der Waals surface area contributed by atoms with Crippen molar-refractivity contribution >= 4 is 5.91 Å². The van der Waals surface area contributed by atoms with Crippen molar-refractivity contribution < 1.29 is 4.79 Å². The fourth-order valence-electron chi connectivity index (χ4n) is 2.02. The minimum Gasteiger partial charge on any atom is -0.341 e. The monoisotopic (exact) mass is 210 g/mol. The quantitative estimate of drug-likeness (QED) is 0.675. The third-order valence-corrected chi connectivity index (χ3v) is 2.77. The van der Waals surface area contributed by atoms with Crippen molar-refractivity contribution in [1.29, 1.82) is 0 Å². The van der Waals surface area contributed by atoms with Gasteiger partial charge in [-0.1, -0.05) is 13.0 Å². The third kappa shape index (κ3) is 4.04. The van der Waals surface area contributed by atoms with Gasteiger partial charge in [0.2, 0.25) is 5.91 Å². The molecule has 0 spiro atoms. The second-order valence-corrected chi connectivity index (χ2v) is 4.13. The van der Waals surface area contributed by atoms with E-state index in [4.69, 9.17) is 0 Å². The number of rotatable bonds is 6. The van der Waals surface area contributed by atoms with E-state index in [-0.39, 0.29) is 5.91 Å². The number of nitrogens with zero attached hydrogens (tertiary/aromatic N) is 1. The molecule has 1 amide bonds. The molecule has 1 heterocycles. The molecule has 1 unspecified atom stereocenters. The molecule has 1 aliphatic heterocycles. The highest BCUT2D eigenvalue weighted by Gasteiger charge is 2.19. The van der Waals surface area contributed by atoms with Gasteiger partial charge in [-0.15, -0.1) is 6.58 Å². The Balaban J connectivity index is 2.40. The fraction of sp³-hybridized carbons (Fsp3) is 0.750. The molecule has 1 atom stereocenters. The van der Waals surface area contributed by atoms with Crippen LogP contribution in [-0.2, 0) is 4.79 Å². The Labute approximate surface area is 92.5 Å². The summed E-state index contributed by atoms with van der Waals surface area (Å²) < 4.78 is 0. The summed E-state index contributed by atoms with van der Waals surface area (Å²) in [6.07, 6.45) is 5.61. The number of carbonyl (C=O) groups excluding carboxylic acids is 1. The lowest BCUT2D eigenvalue weighted by Crippen LogP contribution is -2.41. The molecule has 0 bridgehead atoms. The smallest absolute Gasteiger partial charge is 0.226 e. The van der Waals surface area contributed by atoms with Crippen LogP contribution in [0.5, 0.6) is 0 Å². The van der Waals surface area contributed by atoms with Crippen molar-refractivity contribution in [2.75, 3.05) is 19.6 Å². The molecule has 1 rings (SSSR count). The molecule has 1 saturated heterocycles. The molecule has 3 nitrogen and oxygen atoms in total. The second kappa shape index (κ2) is 6.62. The van der Waals surface area contributed by atoms with Crippen LogP contribution in [0.25, 0.3) is 0 Å². The van der Waals surface area contributed by atoms with Crippen LogP contribution in [0.4, 0.5) is 0 Å². The van der Waals surface area contributed by atoms with Gasteiger partial charge in [-0.05, 0) is 25.8 Å². The van der Waals surface area contributed by atoms with Crippen molar-refractivity contribution in [3.63, 3.8) is 0 Å². The van der Waals surface area contributed by atoms with Gasteiger partial charge in [0.25, 0.3) is 0 Å². The summed E-state index contributed by atoms with van der Waals surface area (Å²) in [5.41, 5.74) is 0. The number of hydrogen-bond donors (Lipinski definition) is 1. The molecule has 0 aliphatic carbocycles. The van der Waals surface area contributed by atoms with Crippen molar-refractivity contribution in [1.82, 2.24) is 10.2 Å². The molecule has 0 aromatic carbocycles. The standard InChI is InChI=1S/C12H22N2O/c1-3-6-12(15)14(9-4-2)10-11-7-5-8-13-11/h3,11,13H,1,4-10H2,2H3. The number of carbonyl (C=O) groups is 1. The third-order valence-electron chi connectivity index (χ3n) is 2.77. The van der Waals surface area contributed by atoms with E-state index >= 15 is 0 Å². The Bertz CT molecular complexity index is 210. The molecule has 0 aromatic heterocycles. The molecule has 0 aromatic rings. The van der Waals surface area contributed by atoms with E-state index in [0.717, 1.165) is 26.1 Å². The van der Waals surface area contributed by atoms with Gasteiger partial charge in [-0.2, -0.15) is 0 Å². The van der Waals surface area contributed by atoms with Gasteiger partial charge in [-0.25, -0.2) is 0 Å². The Morgan fingerprint density at radius 3 is 3.00 bits per heavy atom. The normalized spacial score (nSPS) is 20.2. The molecule has 86 valence electrons. The highest BCUT2D eigenvalue weighted by Crippen LogP contribution is 2.08. The predicted molar refractivity (Wildman–Crippen MR) is 62.7 cm³/mol. The van der Waals surface area contributed by atoms with E-state index in [0.29, 0.717) is 12.5 Å². The van der Waals surface area contributed by atoms with Gasteiger partial charge in [0, 0.05) is 25.6 Å². The van der Waals surface area contributed by atoms with Gasteiger partial charge >= 0.3 is 0 Å². The van der Waals surface area contributed by atoms with Crippen molar-refractivity contribution in [2.24, 2.45) is 0 Å². The van der Waals surface area contributed by atoms with Crippen LogP contribution in [0.15, 0.2) is 12.7 Å². The van der Waals surface area contributed by atoms with Crippen LogP contribution in [-0.4, -0.2) is 36.5 Å². The van der Waals surface area contributed by atoms with E-state index in [1.54, 1.807) is 6.08 Å². The summed E-state index contributed by atoms with van der Waals surface area (Å²) in [5, 5.41) is 3.42. The number of hydrogen-bond acceptors (Lipinski definition) is 2. The SMILES string of the molecule is C=CCC(=O)N(CCC)CC1CCCN1. The van der Waals surface area contributed by atoms with Gasteiger partial charge < -0.3 is 10.2 Å². The lowest BCUT2D eigenvalue weighted by Gasteiger charge is -2.25. The van der Waals surface area contributed by atoms with Crippen LogP contribution >= 0.6 is 0 Å². The molecule has 1 N–H and O–H groups in total. The van der Waals surface area contributed by atoms with Gasteiger partial charge in [0.1, 0.15) is 0 Å². The zero-order valence-corrected chi connectivity index (χ0v) is 9.67. The molecule has 1 aliphatic rings. The largest absolute Gasteiger partial charge is 0.341 e. The Morgan fingerprint density at radius 2 is 2.47 bits per heavy atom. The molecule has 15 heavy (non-hydrogen) atoms. The number of nitrogens with one attached hydrogen (secondary N) is 1. The summed E-state index contributed by atoms with van der Waals surface area (Å²) in [6, 6.07) is 0.505. The lowest BCUT2D eigenvalue weighted by atomic mass is 10.2. The van der Waals surface area contributed by atoms with Crippen molar-refractivity contribution in [2.45, 2.75) is 38.6 Å². The Kier molecular flexibility index (Phi) is 5.40. The molecule has 0 radical (unpaired) electrons. The lowest BCUT2D eigenvalue weighted by molar-refractivity contribution is -0.130. The zero-order valence-electron chi connectivity index (χ0n) is 9.67. The molecular formula is C12H22N2O. The first-order chi connectivity index (χ1) is 7.27. The summed E-state index contributed by atoms with van der Waals surface area (Å²) in [7, 11) is 0. The fourth-order valence-corrected chi connectivity index (χ4v) is 2.02. The topological polar surface area (TPSA) is 32.3 Å². The van der Waals surface area contributed by atoms with Gasteiger partial charge in [0.05, 0.1) is 0 Å². The van der Waals surface area contributed by atoms with Crippen LogP contribution < -0.4 is 5.32 Å². The first-order valence-electron chi connectivity index (χ1n) is 5.90. The molecule has 3 heteroatoms. The maximum absolute atomic E-state index is 11.7.